The van der Waals surface area contributed by atoms with Crippen molar-refractivity contribution in [1.82, 2.24) is 0 Å². The molecule has 17 heavy (non-hydrogen) atoms. The summed E-state index contributed by atoms with van der Waals surface area (Å²) in [5.41, 5.74) is 9.39. The third-order valence-electron chi connectivity index (χ3n) is 3.84. The minimum atomic E-state index is -0.109. The van der Waals surface area contributed by atoms with E-state index >= 15 is 0 Å². The van der Waals surface area contributed by atoms with Crippen LogP contribution in [-0.2, 0) is 22.4 Å². The van der Waals surface area contributed by atoms with E-state index in [1.807, 2.05) is 19.1 Å². The summed E-state index contributed by atoms with van der Waals surface area (Å²) in [6, 6.07) is 6.05. The zero-order valence-corrected chi connectivity index (χ0v) is 10.4. The molecule has 1 aromatic rings. The Balaban J connectivity index is 2.16. The number of hydrogen-bond donors (Lipinski definition) is 1. The standard InChI is InChI=1S/C14H19NO2/c1-9(14(16)17-2)10-6-7-12-11(8-10)4-3-5-13(12)15/h3-5,9-10H,6-8,15H2,1-2H3. The highest BCUT2D eigenvalue weighted by molar-refractivity contribution is 5.72. The lowest BCUT2D eigenvalue weighted by molar-refractivity contribution is -0.146. The van der Waals surface area contributed by atoms with Crippen LogP contribution >= 0.6 is 0 Å². The number of nitrogens with two attached hydrogens (primary N) is 1. The molecule has 3 heteroatoms. The van der Waals surface area contributed by atoms with Crippen molar-refractivity contribution in [2.45, 2.75) is 26.2 Å². The number of ether oxygens (including phenoxy) is 1. The Hall–Kier alpha value is -1.51. The highest BCUT2D eigenvalue weighted by Crippen LogP contribution is 2.33. The smallest absolute Gasteiger partial charge is 0.308 e. The molecule has 0 amide bonds. The molecule has 0 bridgehead atoms. The Morgan fingerprint density at radius 1 is 1.53 bits per heavy atom. The maximum atomic E-state index is 11.5. The summed E-state index contributed by atoms with van der Waals surface area (Å²) in [6.45, 7) is 1.95. The molecule has 0 aliphatic heterocycles. The minimum Gasteiger partial charge on any atom is -0.469 e. The van der Waals surface area contributed by atoms with Crippen molar-refractivity contribution in [3.05, 3.63) is 29.3 Å². The van der Waals surface area contributed by atoms with Gasteiger partial charge < -0.3 is 10.5 Å². The number of benzene rings is 1. The van der Waals surface area contributed by atoms with Crippen LogP contribution in [0.5, 0.6) is 0 Å². The van der Waals surface area contributed by atoms with E-state index in [-0.39, 0.29) is 11.9 Å². The Morgan fingerprint density at radius 3 is 3.00 bits per heavy atom. The summed E-state index contributed by atoms with van der Waals surface area (Å²) in [5.74, 6) is 0.230. The summed E-state index contributed by atoms with van der Waals surface area (Å²) in [7, 11) is 1.45. The van der Waals surface area contributed by atoms with Crippen LogP contribution in [0.1, 0.15) is 24.5 Å². The highest BCUT2D eigenvalue weighted by atomic mass is 16.5. The summed E-state index contributed by atoms with van der Waals surface area (Å²) in [5, 5.41) is 0. The molecule has 2 atom stereocenters. The molecule has 0 fully saturated rings. The molecule has 0 aromatic heterocycles. The molecule has 1 aromatic carbocycles. The number of esters is 1. The maximum absolute atomic E-state index is 11.5. The van der Waals surface area contributed by atoms with Crippen molar-refractivity contribution < 1.29 is 9.53 Å². The predicted molar refractivity (Wildman–Crippen MR) is 67.5 cm³/mol. The van der Waals surface area contributed by atoms with Gasteiger partial charge in [-0.15, -0.1) is 0 Å². The van der Waals surface area contributed by atoms with E-state index in [1.165, 1.54) is 18.2 Å². The van der Waals surface area contributed by atoms with E-state index in [4.69, 9.17) is 10.5 Å². The second kappa shape index (κ2) is 4.78. The molecule has 1 aliphatic rings. The van der Waals surface area contributed by atoms with Gasteiger partial charge in [0.05, 0.1) is 13.0 Å². The average molecular weight is 233 g/mol. The molecule has 0 saturated heterocycles. The van der Waals surface area contributed by atoms with Gasteiger partial charge in [-0.1, -0.05) is 19.1 Å². The van der Waals surface area contributed by atoms with Gasteiger partial charge in [-0.05, 0) is 42.4 Å². The quantitative estimate of drug-likeness (QED) is 0.629. The van der Waals surface area contributed by atoms with Crippen molar-refractivity contribution in [3.63, 3.8) is 0 Å². The number of anilines is 1. The van der Waals surface area contributed by atoms with Gasteiger partial charge in [-0.3, -0.25) is 4.79 Å². The number of carbonyl (C=O) groups is 1. The van der Waals surface area contributed by atoms with Crippen LogP contribution in [0.15, 0.2) is 18.2 Å². The summed E-state index contributed by atoms with van der Waals surface area (Å²) in [6.07, 6.45) is 2.90. The van der Waals surface area contributed by atoms with Crippen molar-refractivity contribution in [2.24, 2.45) is 11.8 Å². The van der Waals surface area contributed by atoms with Crippen LogP contribution in [0, 0.1) is 11.8 Å². The molecular formula is C14H19NO2. The monoisotopic (exact) mass is 233 g/mol. The van der Waals surface area contributed by atoms with Crippen molar-refractivity contribution in [2.75, 3.05) is 12.8 Å². The van der Waals surface area contributed by atoms with Crippen molar-refractivity contribution in [3.8, 4) is 0 Å². The van der Waals surface area contributed by atoms with Crippen LogP contribution in [0.4, 0.5) is 5.69 Å². The predicted octanol–water partition coefficient (Wildman–Crippen LogP) is 2.18. The number of fused-ring (bicyclic) bond motifs is 1. The number of carbonyl (C=O) groups excluding carboxylic acids is 1. The molecule has 2 N–H and O–H groups in total. The Morgan fingerprint density at radius 2 is 2.29 bits per heavy atom. The fraction of sp³-hybridized carbons (Fsp3) is 0.500. The van der Waals surface area contributed by atoms with Gasteiger partial charge in [-0.25, -0.2) is 0 Å². The van der Waals surface area contributed by atoms with E-state index < -0.39 is 0 Å². The highest BCUT2D eigenvalue weighted by Gasteiger charge is 2.28. The fourth-order valence-corrected chi connectivity index (χ4v) is 2.67. The van der Waals surface area contributed by atoms with Gasteiger partial charge in [0.1, 0.15) is 0 Å². The van der Waals surface area contributed by atoms with E-state index in [2.05, 4.69) is 6.07 Å². The van der Waals surface area contributed by atoms with E-state index in [0.29, 0.717) is 5.92 Å². The lowest BCUT2D eigenvalue weighted by Gasteiger charge is -2.28. The molecule has 2 unspecified atom stereocenters. The van der Waals surface area contributed by atoms with E-state index in [9.17, 15) is 4.79 Å². The lowest BCUT2D eigenvalue weighted by Crippen LogP contribution is -2.27. The van der Waals surface area contributed by atoms with Gasteiger partial charge >= 0.3 is 5.97 Å². The maximum Gasteiger partial charge on any atom is 0.308 e. The van der Waals surface area contributed by atoms with Crippen molar-refractivity contribution >= 4 is 11.7 Å². The van der Waals surface area contributed by atoms with Gasteiger partial charge in [0.25, 0.3) is 0 Å². The molecule has 0 heterocycles. The Labute approximate surface area is 102 Å². The molecule has 0 radical (unpaired) electrons. The normalized spacial score (nSPS) is 20.5. The number of methoxy groups -OCH3 is 1. The first-order valence-electron chi connectivity index (χ1n) is 6.07. The number of nitrogen functional groups attached to an aromatic ring is 1. The summed E-state index contributed by atoms with van der Waals surface area (Å²) >= 11 is 0. The molecule has 1 aliphatic carbocycles. The first-order chi connectivity index (χ1) is 8.13. The fourth-order valence-electron chi connectivity index (χ4n) is 2.67. The zero-order chi connectivity index (χ0) is 12.4. The van der Waals surface area contributed by atoms with Gasteiger partial charge in [-0.2, -0.15) is 0 Å². The topological polar surface area (TPSA) is 52.3 Å². The van der Waals surface area contributed by atoms with Gasteiger partial charge in [0.2, 0.25) is 0 Å². The van der Waals surface area contributed by atoms with Crippen LogP contribution in [0.25, 0.3) is 0 Å². The first-order valence-corrected chi connectivity index (χ1v) is 6.07. The number of hydrogen-bond acceptors (Lipinski definition) is 3. The third kappa shape index (κ3) is 2.28. The average Bonchev–Trinajstić information content (AvgIpc) is 2.37. The molecule has 92 valence electrons. The lowest BCUT2D eigenvalue weighted by atomic mass is 9.77. The third-order valence-corrected chi connectivity index (χ3v) is 3.84. The van der Waals surface area contributed by atoms with Crippen LogP contribution in [0.2, 0.25) is 0 Å². The molecule has 0 spiro atoms. The molecule has 2 rings (SSSR count). The van der Waals surface area contributed by atoms with Crippen LogP contribution in [0.3, 0.4) is 0 Å². The van der Waals surface area contributed by atoms with Gasteiger partial charge in [0, 0.05) is 5.69 Å². The second-order valence-electron chi connectivity index (χ2n) is 4.80. The van der Waals surface area contributed by atoms with Crippen LogP contribution in [-0.4, -0.2) is 13.1 Å². The van der Waals surface area contributed by atoms with Crippen molar-refractivity contribution in [1.29, 1.82) is 0 Å². The largest absolute Gasteiger partial charge is 0.469 e. The van der Waals surface area contributed by atoms with Crippen LogP contribution < -0.4 is 5.73 Å². The minimum absolute atomic E-state index is 0.0328. The second-order valence-corrected chi connectivity index (χ2v) is 4.80. The zero-order valence-electron chi connectivity index (χ0n) is 10.4. The van der Waals surface area contributed by atoms with E-state index in [1.54, 1.807) is 0 Å². The molecule has 0 saturated carbocycles. The molecule has 3 nitrogen and oxygen atoms in total. The summed E-state index contributed by atoms with van der Waals surface area (Å²) < 4.78 is 4.81. The number of rotatable bonds is 2. The van der Waals surface area contributed by atoms with E-state index in [0.717, 1.165) is 24.9 Å². The Kier molecular flexibility index (Phi) is 3.36. The first kappa shape index (κ1) is 12.0. The Bertz CT molecular complexity index is 428. The van der Waals surface area contributed by atoms with Gasteiger partial charge in [0.15, 0.2) is 0 Å². The SMILES string of the molecule is COC(=O)C(C)C1CCc2c(N)cccc2C1. The summed E-state index contributed by atoms with van der Waals surface area (Å²) in [4.78, 5) is 11.5. The molecular weight excluding hydrogens is 214 g/mol.